The molecule has 0 atom stereocenters. The first kappa shape index (κ1) is 9.08. The number of nitrogens with zero attached hydrogens (tertiary/aromatic N) is 4. The summed E-state index contributed by atoms with van der Waals surface area (Å²) < 4.78 is 1.91. The van der Waals surface area contributed by atoms with Crippen LogP contribution in [-0.4, -0.2) is 32.7 Å². The van der Waals surface area contributed by atoms with E-state index in [-0.39, 0.29) is 0 Å². The van der Waals surface area contributed by atoms with Gasteiger partial charge in [0.15, 0.2) is 5.65 Å². The molecule has 0 fully saturated rings. The maximum absolute atomic E-state index is 4.10. The molecule has 5 heteroatoms. The van der Waals surface area contributed by atoms with Gasteiger partial charge in [0.05, 0.1) is 0 Å². The molecule has 0 saturated carbocycles. The summed E-state index contributed by atoms with van der Waals surface area (Å²) in [5, 5.41) is 11.4. The second-order valence-electron chi connectivity index (χ2n) is 3.03. The first-order chi connectivity index (χ1) is 6.92. The molecule has 0 aliphatic heterocycles. The summed E-state index contributed by atoms with van der Waals surface area (Å²) in [5.74, 6) is 0.953. The molecule has 0 saturated heterocycles. The van der Waals surface area contributed by atoms with Crippen molar-refractivity contribution in [2.75, 3.05) is 13.1 Å². The van der Waals surface area contributed by atoms with Crippen LogP contribution in [0.4, 0.5) is 0 Å². The van der Waals surface area contributed by atoms with Gasteiger partial charge in [-0.25, -0.2) is 4.98 Å². The van der Waals surface area contributed by atoms with Gasteiger partial charge in [-0.15, -0.1) is 10.2 Å². The van der Waals surface area contributed by atoms with Gasteiger partial charge in [0.25, 0.3) is 0 Å². The maximum atomic E-state index is 4.10. The van der Waals surface area contributed by atoms with Gasteiger partial charge in [-0.2, -0.15) is 0 Å². The third-order valence-corrected chi connectivity index (χ3v) is 2.06. The first-order valence-electron chi connectivity index (χ1n) is 4.76. The van der Waals surface area contributed by atoms with Crippen molar-refractivity contribution in [3.05, 3.63) is 24.4 Å². The van der Waals surface area contributed by atoms with Gasteiger partial charge < -0.3 is 5.32 Å². The Bertz CT molecular complexity index is 408. The SMILES string of the molecule is CCNCCc1nnc2ccncn12. The van der Waals surface area contributed by atoms with Crippen LogP contribution in [0.15, 0.2) is 18.6 Å². The summed E-state index contributed by atoms with van der Waals surface area (Å²) in [6, 6.07) is 1.85. The van der Waals surface area contributed by atoms with Crippen LogP contribution in [0.3, 0.4) is 0 Å². The van der Waals surface area contributed by atoms with E-state index in [2.05, 4.69) is 27.4 Å². The molecule has 0 aliphatic rings. The van der Waals surface area contributed by atoms with Crippen molar-refractivity contribution in [3.63, 3.8) is 0 Å². The minimum Gasteiger partial charge on any atom is -0.317 e. The molecule has 2 heterocycles. The molecule has 14 heavy (non-hydrogen) atoms. The van der Waals surface area contributed by atoms with E-state index in [1.165, 1.54) is 0 Å². The molecule has 0 radical (unpaired) electrons. The zero-order chi connectivity index (χ0) is 9.80. The summed E-state index contributed by atoms with van der Waals surface area (Å²) in [4.78, 5) is 4.04. The largest absolute Gasteiger partial charge is 0.317 e. The van der Waals surface area contributed by atoms with Crippen molar-refractivity contribution in [1.29, 1.82) is 0 Å². The van der Waals surface area contributed by atoms with E-state index in [9.17, 15) is 0 Å². The van der Waals surface area contributed by atoms with Gasteiger partial charge in [-0.1, -0.05) is 6.92 Å². The van der Waals surface area contributed by atoms with E-state index >= 15 is 0 Å². The normalized spacial score (nSPS) is 10.9. The van der Waals surface area contributed by atoms with E-state index in [1.807, 2.05) is 10.5 Å². The number of rotatable bonds is 4. The fourth-order valence-corrected chi connectivity index (χ4v) is 1.34. The molecule has 0 unspecified atom stereocenters. The van der Waals surface area contributed by atoms with Crippen molar-refractivity contribution in [2.45, 2.75) is 13.3 Å². The molecule has 2 aromatic rings. The Balaban J connectivity index is 2.17. The Morgan fingerprint density at radius 3 is 3.21 bits per heavy atom. The van der Waals surface area contributed by atoms with Gasteiger partial charge in [0, 0.05) is 25.2 Å². The molecule has 0 aromatic carbocycles. The topological polar surface area (TPSA) is 55.1 Å². The predicted molar refractivity (Wildman–Crippen MR) is 53.0 cm³/mol. The quantitative estimate of drug-likeness (QED) is 0.705. The third-order valence-electron chi connectivity index (χ3n) is 2.06. The molecule has 2 aromatic heterocycles. The minimum atomic E-state index is 0.853. The van der Waals surface area contributed by atoms with Gasteiger partial charge in [0.1, 0.15) is 12.2 Å². The number of likely N-dealkylation sites (N-methyl/N-ethyl adjacent to an activating group) is 1. The molecule has 0 aliphatic carbocycles. The third kappa shape index (κ3) is 1.72. The maximum Gasteiger partial charge on any atom is 0.163 e. The molecule has 2 rings (SSSR count). The minimum absolute atomic E-state index is 0.853. The highest BCUT2D eigenvalue weighted by molar-refractivity contribution is 5.35. The van der Waals surface area contributed by atoms with E-state index in [0.29, 0.717) is 0 Å². The Kier molecular flexibility index (Phi) is 2.69. The average Bonchev–Trinajstić information content (AvgIpc) is 2.63. The van der Waals surface area contributed by atoms with E-state index in [0.717, 1.165) is 31.0 Å². The lowest BCUT2D eigenvalue weighted by Crippen LogP contribution is -2.17. The van der Waals surface area contributed by atoms with E-state index < -0.39 is 0 Å². The molecule has 1 N–H and O–H groups in total. The lowest BCUT2D eigenvalue weighted by Gasteiger charge is -1.99. The van der Waals surface area contributed by atoms with Crippen LogP contribution < -0.4 is 5.32 Å². The zero-order valence-electron chi connectivity index (χ0n) is 8.14. The van der Waals surface area contributed by atoms with Crippen LogP contribution in [0, 0.1) is 0 Å². The average molecular weight is 191 g/mol. The number of hydrogen-bond acceptors (Lipinski definition) is 4. The molecule has 0 bridgehead atoms. The molecule has 0 amide bonds. The van der Waals surface area contributed by atoms with Crippen LogP contribution in [0.5, 0.6) is 0 Å². The van der Waals surface area contributed by atoms with Crippen LogP contribution in [0.25, 0.3) is 5.65 Å². The Morgan fingerprint density at radius 1 is 1.43 bits per heavy atom. The Hall–Kier alpha value is -1.49. The van der Waals surface area contributed by atoms with E-state index in [1.54, 1.807) is 12.5 Å². The number of aromatic nitrogens is 4. The van der Waals surface area contributed by atoms with Crippen molar-refractivity contribution in [3.8, 4) is 0 Å². The highest BCUT2D eigenvalue weighted by Gasteiger charge is 2.03. The fourth-order valence-electron chi connectivity index (χ4n) is 1.34. The highest BCUT2D eigenvalue weighted by atomic mass is 15.3. The lowest BCUT2D eigenvalue weighted by molar-refractivity contribution is 0.690. The second-order valence-corrected chi connectivity index (χ2v) is 3.03. The van der Waals surface area contributed by atoms with Gasteiger partial charge in [0.2, 0.25) is 0 Å². The molecule has 5 nitrogen and oxygen atoms in total. The summed E-state index contributed by atoms with van der Waals surface area (Å²) in [6.45, 7) is 3.99. The lowest BCUT2D eigenvalue weighted by atomic mass is 10.4. The van der Waals surface area contributed by atoms with Gasteiger partial charge >= 0.3 is 0 Å². The molecular weight excluding hydrogens is 178 g/mol. The van der Waals surface area contributed by atoms with E-state index in [4.69, 9.17) is 0 Å². The smallest absolute Gasteiger partial charge is 0.163 e. The standard InChI is InChI=1S/C9H13N5/c1-2-10-5-3-8-12-13-9-4-6-11-7-14(8)9/h4,6-7,10H,2-3,5H2,1H3. The number of fused-ring (bicyclic) bond motifs is 1. The Morgan fingerprint density at radius 2 is 2.36 bits per heavy atom. The van der Waals surface area contributed by atoms with Crippen LogP contribution in [0.1, 0.15) is 12.7 Å². The fraction of sp³-hybridized carbons (Fsp3) is 0.444. The van der Waals surface area contributed by atoms with Crippen LogP contribution in [0.2, 0.25) is 0 Å². The first-order valence-corrected chi connectivity index (χ1v) is 4.76. The monoisotopic (exact) mass is 191 g/mol. The number of nitrogens with one attached hydrogen (secondary N) is 1. The zero-order valence-corrected chi connectivity index (χ0v) is 8.14. The van der Waals surface area contributed by atoms with Gasteiger partial charge in [-0.05, 0) is 6.54 Å². The summed E-state index contributed by atoms with van der Waals surface area (Å²) in [5.41, 5.74) is 0.853. The van der Waals surface area contributed by atoms with Crippen molar-refractivity contribution in [1.82, 2.24) is 24.9 Å². The summed E-state index contributed by atoms with van der Waals surface area (Å²) in [6.07, 6.45) is 4.34. The van der Waals surface area contributed by atoms with Gasteiger partial charge in [-0.3, -0.25) is 4.40 Å². The van der Waals surface area contributed by atoms with Crippen molar-refractivity contribution >= 4 is 5.65 Å². The van der Waals surface area contributed by atoms with Crippen LogP contribution >= 0.6 is 0 Å². The summed E-state index contributed by atoms with van der Waals surface area (Å²) >= 11 is 0. The van der Waals surface area contributed by atoms with Crippen LogP contribution in [-0.2, 0) is 6.42 Å². The molecule has 0 spiro atoms. The summed E-state index contributed by atoms with van der Waals surface area (Å²) in [7, 11) is 0. The Labute approximate surface area is 82.2 Å². The highest BCUT2D eigenvalue weighted by Crippen LogP contribution is 2.00. The molecule has 74 valence electrons. The van der Waals surface area contributed by atoms with Crippen molar-refractivity contribution in [2.24, 2.45) is 0 Å². The second kappa shape index (κ2) is 4.15. The van der Waals surface area contributed by atoms with Crippen molar-refractivity contribution < 1.29 is 0 Å². The predicted octanol–water partition coefficient (Wildman–Crippen LogP) is 0.276. The number of hydrogen-bond donors (Lipinski definition) is 1. The molecular formula is C9H13N5.